The molecule has 0 aliphatic heterocycles. The van der Waals surface area contributed by atoms with Crippen molar-refractivity contribution in [3.05, 3.63) is 64.1 Å². The van der Waals surface area contributed by atoms with Crippen LogP contribution in [0.1, 0.15) is 24.0 Å². The van der Waals surface area contributed by atoms with Gasteiger partial charge in [-0.05, 0) is 48.2 Å². The second kappa shape index (κ2) is 6.23. The number of nitrogens with one attached hydrogen (secondary N) is 1. The largest absolute Gasteiger partial charge is 0.380 e. The minimum absolute atomic E-state index is 0.0735. The lowest BCUT2D eigenvalue weighted by atomic mass is 9.95. The summed E-state index contributed by atoms with van der Waals surface area (Å²) in [5.41, 5.74) is 2.59. The van der Waals surface area contributed by atoms with Crippen molar-refractivity contribution in [3.63, 3.8) is 0 Å². The molecule has 3 nitrogen and oxygen atoms in total. The molecule has 3 rings (SSSR count). The van der Waals surface area contributed by atoms with Gasteiger partial charge in [0.05, 0.1) is 12.0 Å². The molecular formula is C18H18BrNO2. The first-order valence-corrected chi connectivity index (χ1v) is 8.09. The van der Waals surface area contributed by atoms with Crippen molar-refractivity contribution in [3.8, 4) is 0 Å². The number of halogens is 1. The molecule has 0 saturated heterocycles. The Labute approximate surface area is 138 Å². The third-order valence-corrected chi connectivity index (χ3v) is 4.61. The van der Waals surface area contributed by atoms with E-state index in [9.17, 15) is 4.79 Å². The van der Waals surface area contributed by atoms with Crippen LogP contribution in [-0.4, -0.2) is 13.0 Å². The zero-order chi connectivity index (χ0) is 15.6. The molecule has 0 spiro atoms. The second-order valence-electron chi connectivity index (χ2n) is 5.68. The number of rotatable bonds is 5. The van der Waals surface area contributed by atoms with Gasteiger partial charge in [-0.3, -0.25) is 4.79 Å². The van der Waals surface area contributed by atoms with Crippen LogP contribution in [0.3, 0.4) is 0 Å². The predicted octanol–water partition coefficient (Wildman–Crippen LogP) is 4.27. The summed E-state index contributed by atoms with van der Waals surface area (Å²) in [5.74, 6) is 0.0735. The van der Waals surface area contributed by atoms with Crippen molar-refractivity contribution >= 4 is 27.5 Å². The molecule has 0 heterocycles. The molecule has 2 aromatic carbocycles. The molecule has 0 radical (unpaired) electrons. The van der Waals surface area contributed by atoms with Gasteiger partial charge in [0.15, 0.2) is 0 Å². The van der Waals surface area contributed by atoms with Crippen molar-refractivity contribution < 1.29 is 9.53 Å². The third-order valence-electron chi connectivity index (χ3n) is 4.08. The molecule has 0 bridgehead atoms. The van der Waals surface area contributed by atoms with Crippen LogP contribution in [0.15, 0.2) is 53.0 Å². The average Bonchev–Trinajstić information content (AvgIpc) is 3.30. The highest BCUT2D eigenvalue weighted by Crippen LogP contribution is 2.49. The summed E-state index contributed by atoms with van der Waals surface area (Å²) in [6, 6.07) is 15.8. The molecule has 1 fully saturated rings. The fourth-order valence-electron chi connectivity index (χ4n) is 2.70. The Balaban J connectivity index is 1.77. The van der Waals surface area contributed by atoms with E-state index in [2.05, 4.69) is 21.2 Å². The smallest absolute Gasteiger partial charge is 0.235 e. The van der Waals surface area contributed by atoms with Gasteiger partial charge in [0.2, 0.25) is 5.91 Å². The normalized spacial score (nSPS) is 15.4. The number of benzene rings is 2. The van der Waals surface area contributed by atoms with E-state index < -0.39 is 0 Å². The second-order valence-corrected chi connectivity index (χ2v) is 6.59. The number of carbonyl (C=O) groups excluding carboxylic acids is 1. The Hall–Kier alpha value is -1.65. The number of methoxy groups -OCH3 is 1. The maximum atomic E-state index is 12.7. The SMILES string of the molecule is COCc1cccc(NC(=O)C2(c3ccc(Br)cc3)CC2)c1. The highest BCUT2D eigenvalue weighted by molar-refractivity contribution is 9.10. The lowest BCUT2D eigenvalue weighted by Crippen LogP contribution is -2.27. The number of amides is 1. The van der Waals surface area contributed by atoms with Crippen LogP contribution in [0.5, 0.6) is 0 Å². The minimum atomic E-state index is -0.363. The maximum absolute atomic E-state index is 12.7. The van der Waals surface area contributed by atoms with Crippen LogP contribution < -0.4 is 5.32 Å². The Kier molecular flexibility index (Phi) is 4.32. The molecule has 0 aromatic heterocycles. The van der Waals surface area contributed by atoms with E-state index >= 15 is 0 Å². The first-order valence-electron chi connectivity index (χ1n) is 7.29. The molecule has 1 saturated carbocycles. The molecule has 0 unspecified atom stereocenters. The molecule has 0 atom stereocenters. The van der Waals surface area contributed by atoms with E-state index in [-0.39, 0.29) is 11.3 Å². The lowest BCUT2D eigenvalue weighted by Gasteiger charge is -2.16. The first-order chi connectivity index (χ1) is 10.6. The number of anilines is 1. The van der Waals surface area contributed by atoms with Crippen LogP contribution in [0.4, 0.5) is 5.69 Å². The van der Waals surface area contributed by atoms with Gasteiger partial charge in [-0.1, -0.05) is 40.2 Å². The van der Waals surface area contributed by atoms with Gasteiger partial charge in [0, 0.05) is 17.3 Å². The summed E-state index contributed by atoms with van der Waals surface area (Å²) < 4.78 is 6.16. The Morgan fingerprint density at radius 2 is 1.95 bits per heavy atom. The maximum Gasteiger partial charge on any atom is 0.235 e. The van der Waals surface area contributed by atoms with Crippen LogP contribution in [0, 0.1) is 0 Å². The zero-order valence-electron chi connectivity index (χ0n) is 12.4. The Morgan fingerprint density at radius 3 is 2.59 bits per heavy atom. The Bertz CT molecular complexity index is 678. The first kappa shape index (κ1) is 15.3. The molecule has 1 amide bonds. The van der Waals surface area contributed by atoms with Gasteiger partial charge in [-0.25, -0.2) is 0 Å². The molecule has 114 valence electrons. The number of ether oxygens (including phenoxy) is 1. The van der Waals surface area contributed by atoms with Crippen LogP contribution >= 0.6 is 15.9 Å². The fourth-order valence-corrected chi connectivity index (χ4v) is 2.96. The quantitative estimate of drug-likeness (QED) is 0.865. The van der Waals surface area contributed by atoms with Crippen LogP contribution in [-0.2, 0) is 21.6 Å². The van der Waals surface area contributed by atoms with Crippen molar-refractivity contribution in [2.24, 2.45) is 0 Å². The van der Waals surface area contributed by atoms with Gasteiger partial charge < -0.3 is 10.1 Å². The summed E-state index contributed by atoms with van der Waals surface area (Å²) in [6.07, 6.45) is 1.80. The summed E-state index contributed by atoms with van der Waals surface area (Å²) in [7, 11) is 1.66. The summed E-state index contributed by atoms with van der Waals surface area (Å²) in [6.45, 7) is 0.543. The predicted molar refractivity (Wildman–Crippen MR) is 90.8 cm³/mol. The van der Waals surface area contributed by atoms with Crippen molar-refractivity contribution in [1.29, 1.82) is 0 Å². The number of hydrogen-bond acceptors (Lipinski definition) is 2. The third kappa shape index (κ3) is 3.08. The van der Waals surface area contributed by atoms with Gasteiger partial charge in [0.25, 0.3) is 0 Å². The molecule has 1 N–H and O–H groups in total. The summed E-state index contributed by atoms with van der Waals surface area (Å²) in [4.78, 5) is 12.7. The molecule has 2 aromatic rings. The standard InChI is InChI=1S/C18H18BrNO2/c1-22-12-13-3-2-4-16(11-13)20-17(21)18(9-10-18)14-5-7-15(19)8-6-14/h2-8,11H,9-10,12H2,1H3,(H,20,21). The van der Waals surface area contributed by atoms with E-state index in [1.807, 2.05) is 48.5 Å². The minimum Gasteiger partial charge on any atom is -0.380 e. The lowest BCUT2D eigenvalue weighted by molar-refractivity contribution is -0.118. The van der Waals surface area contributed by atoms with Gasteiger partial charge in [0.1, 0.15) is 0 Å². The highest BCUT2D eigenvalue weighted by Gasteiger charge is 2.51. The molecule has 22 heavy (non-hydrogen) atoms. The van der Waals surface area contributed by atoms with Crippen molar-refractivity contribution in [2.45, 2.75) is 24.9 Å². The van der Waals surface area contributed by atoms with Gasteiger partial charge in [-0.2, -0.15) is 0 Å². The molecule has 1 aliphatic carbocycles. The Morgan fingerprint density at radius 1 is 1.23 bits per heavy atom. The van der Waals surface area contributed by atoms with Crippen LogP contribution in [0.25, 0.3) is 0 Å². The summed E-state index contributed by atoms with van der Waals surface area (Å²) in [5, 5.41) is 3.05. The fraction of sp³-hybridized carbons (Fsp3) is 0.278. The van der Waals surface area contributed by atoms with E-state index in [0.717, 1.165) is 34.1 Å². The monoisotopic (exact) mass is 359 g/mol. The average molecular weight is 360 g/mol. The van der Waals surface area contributed by atoms with E-state index in [4.69, 9.17) is 4.74 Å². The van der Waals surface area contributed by atoms with Crippen molar-refractivity contribution in [2.75, 3.05) is 12.4 Å². The molecule has 1 aliphatic rings. The van der Waals surface area contributed by atoms with E-state index in [1.54, 1.807) is 7.11 Å². The van der Waals surface area contributed by atoms with Crippen molar-refractivity contribution in [1.82, 2.24) is 0 Å². The number of carbonyl (C=O) groups is 1. The van der Waals surface area contributed by atoms with E-state index in [1.165, 1.54) is 0 Å². The highest BCUT2D eigenvalue weighted by atomic mass is 79.9. The molecular weight excluding hydrogens is 342 g/mol. The van der Waals surface area contributed by atoms with E-state index in [0.29, 0.717) is 6.61 Å². The molecule has 4 heteroatoms. The summed E-state index contributed by atoms with van der Waals surface area (Å²) >= 11 is 3.43. The number of hydrogen-bond donors (Lipinski definition) is 1. The zero-order valence-corrected chi connectivity index (χ0v) is 14.0. The topological polar surface area (TPSA) is 38.3 Å². The van der Waals surface area contributed by atoms with Crippen LogP contribution in [0.2, 0.25) is 0 Å². The van der Waals surface area contributed by atoms with Gasteiger partial charge in [-0.15, -0.1) is 0 Å². The van der Waals surface area contributed by atoms with Gasteiger partial charge >= 0.3 is 0 Å².